The fourth-order valence-electron chi connectivity index (χ4n) is 2.06. The van der Waals surface area contributed by atoms with Gasteiger partial charge in [0.05, 0.1) is 12.8 Å². The maximum absolute atomic E-state index is 6.27. The van der Waals surface area contributed by atoms with Crippen LogP contribution in [0.15, 0.2) is 18.2 Å². The summed E-state index contributed by atoms with van der Waals surface area (Å²) in [5, 5.41) is 1.33. The second kappa shape index (κ2) is 5.62. The van der Waals surface area contributed by atoms with Crippen LogP contribution in [0.1, 0.15) is 36.9 Å². The highest BCUT2D eigenvalue weighted by Gasteiger charge is 2.23. The Morgan fingerprint density at radius 2 is 2.05 bits per heavy atom. The maximum atomic E-state index is 6.27. The van der Waals surface area contributed by atoms with E-state index in [0.29, 0.717) is 5.13 Å². The van der Waals surface area contributed by atoms with Crippen molar-refractivity contribution in [2.75, 3.05) is 12.8 Å². The van der Waals surface area contributed by atoms with E-state index in [2.05, 4.69) is 25.8 Å². The van der Waals surface area contributed by atoms with Crippen LogP contribution in [0.4, 0.5) is 5.13 Å². The van der Waals surface area contributed by atoms with Gasteiger partial charge in [-0.2, -0.15) is 0 Å². The first kappa shape index (κ1) is 15.1. The zero-order valence-corrected chi connectivity index (χ0v) is 13.7. The number of nitrogen functional groups attached to an aromatic ring is 1. The first-order valence-electron chi connectivity index (χ1n) is 6.39. The lowest BCUT2D eigenvalue weighted by atomic mass is 9.90. The van der Waals surface area contributed by atoms with Crippen molar-refractivity contribution in [1.29, 1.82) is 0 Å². The van der Waals surface area contributed by atoms with Gasteiger partial charge in [0.25, 0.3) is 0 Å². The first-order chi connectivity index (χ1) is 9.31. The zero-order chi connectivity index (χ0) is 14.9. The number of methoxy groups -OCH3 is 1. The van der Waals surface area contributed by atoms with Crippen LogP contribution in [0.2, 0.25) is 5.02 Å². The van der Waals surface area contributed by atoms with E-state index in [1.165, 1.54) is 11.3 Å². The van der Waals surface area contributed by atoms with Crippen LogP contribution in [0, 0.1) is 0 Å². The van der Waals surface area contributed by atoms with Crippen molar-refractivity contribution >= 4 is 28.1 Å². The molecule has 1 aromatic heterocycles. The first-order valence-corrected chi connectivity index (χ1v) is 7.59. The molecule has 108 valence electrons. The molecule has 2 rings (SSSR count). The van der Waals surface area contributed by atoms with Gasteiger partial charge in [-0.25, -0.2) is 4.98 Å². The molecule has 2 aromatic rings. The molecule has 0 radical (unpaired) electrons. The lowest BCUT2D eigenvalue weighted by Crippen LogP contribution is -2.14. The molecular weight excluding hydrogens is 292 g/mol. The van der Waals surface area contributed by atoms with Gasteiger partial charge in [0.1, 0.15) is 5.75 Å². The number of halogens is 1. The lowest BCUT2D eigenvalue weighted by Gasteiger charge is -2.18. The van der Waals surface area contributed by atoms with Crippen molar-refractivity contribution in [3.8, 4) is 5.75 Å². The molecular formula is C15H19ClN2OS. The molecule has 1 aromatic carbocycles. The summed E-state index contributed by atoms with van der Waals surface area (Å²) >= 11 is 7.80. The average Bonchev–Trinajstić information content (AvgIpc) is 2.73. The summed E-state index contributed by atoms with van der Waals surface area (Å²) in [6.07, 6.45) is 0.720. The number of anilines is 1. The number of hydrogen-bond donors (Lipinski definition) is 1. The van der Waals surface area contributed by atoms with Crippen LogP contribution in [0.5, 0.6) is 5.75 Å². The fourth-order valence-corrected chi connectivity index (χ4v) is 3.31. The number of hydrogen-bond acceptors (Lipinski definition) is 4. The quantitative estimate of drug-likeness (QED) is 0.920. The van der Waals surface area contributed by atoms with Crippen LogP contribution in [0.3, 0.4) is 0 Å². The largest absolute Gasteiger partial charge is 0.497 e. The predicted octanol–water partition coefficient (Wildman–Crippen LogP) is 4.28. The summed E-state index contributed by atoms with van der Waals surface area (Å²) in [5.74, 6) is 0.805. The molecule has 3 nitrogen and oxygen atoms in total. The number of thiazole rings is 1. The third kappa shape index (κ3) is 3.25. The second-order valence-corrected chi connectivity index (χ2v) is 7.23. The van der Waals surface area contributed by atoms with Crippen LogP contribution >= 0.6 is 22.9 Å². The second-order valence-electron chi connectivity index (χ2n) is 5.71. The van der Waals surface area contributed by atoms with Crippen molar-refractivity contribution in [3.63, 3.8) is 0 Å². The Morgan fingerprint density at radius 1 is 1.35 bits per heavy atom. The molecule has 0 spiro atoms. The van der Waals surface area contributed by atoms with E-state index < -0.39 is 0 Å². The Morgan fingerprint density at radius 3 is 2.65 bits per heavy atom. The van der Waals surface area contributed by atoms with Gasteiger partial charge in [0.2, 0.25) is 0 Å². The van der Waals surface area contributed by atoms with E-state index in [1.54, 1.807) is 7.11 Å². The maximum Gasteiger partial charge on any atom is 0.180 e. The highest BCUT2D eigenvalue weighted by molar-refractivity contribution is 7.15. The molecule has 0 aliphatic carbocycles. The van der Waals surface area contributed by atoms with Crippen molar-refractivity contribution in [2.24, 2.45) is 0 Å². The molecule has 0 saturated heterocycles. The van der Waals surface area contributed by atoms with Crippen molar-refractivity contribution < 1.29 is 4.74 Å². The third-order valence-electron chi connectivity index (χ3n) is 3.03. The Kier molecular flexibility index (Phi) is 4.25. The van der Waals surface area contributed by atoms with Gasteiger partial charge in [0.15, 0.2) is 5.13 Å². The Bertz CT molecular complexity index is 617. The van der Waals surface area contributed by atoms with Gasteiger partial charge in [-0.3, -0.25) is 0 Å². The molecule has 0 unspecified atom stereocenters. The topological polar surface area (TPSA) is 48.1 Å². The molecule has 0 aliphatic heterocycles. The number of aromatic nitrogens is 1. The Labute approximate surface area is 128 Å². The number of nitrogens with two attached hydrogens (primary N) is 1. The van der Waals surface area contributed by atoms with Gasteiger partial charge in [-0.1, -0.05) is 32.4 Å². The smallest absolute Gasteiger partial charge is 0.180 e. The molecule has 0 fully saturated rings. The summed E-state index contributed by atoms with van der Waals surface area (Å²) < 4.78 is 5.25. The molecule has 5 heteroatoms. The zero-order valence-electron chi connectivity index (χ0n) is 12.2. The lowest BCUT2D eigenvalue weighted by molar-refractivity contribution is 0.414. The van der Waals surface area contributed by atoms with Gasteiger partial charge in [0, 0.05) is 21.7 Å². The summed E-state index contributed by atoms with van der Waals surface area (Å²) in [7, 11) is 1.65. The van der Waals surface area contributed by atoms with E-state index in [-0.39, 0.29) is 5.41 Å². The molecule has 2 N–H and O–H groups in total. The number of benzene rings is 1. The average molecular weight is 311 g/mol. The van der Waals surface area contributed by atoms with E-state index in [1.807, 2.05) is 18.2 Å². The van der Waals surface area contributed by atoms with Gasteiger partial charge in [-0.05, 0) is 23.8 Å². The van der Waals surface area contributed by atoms with Gasteiger partial charge in [-0.15, -0.1) is 11.3 Å². The predicted molar refractivity (Wildman–Crippen MR) is 86.0 cm³/mol. The molecule has 1 heterocycles. The van der Waals surface area contributed by atoms with Gasteiger partial charge >= 0.3 is 0 Å². The molecule has 0 bridgehead atoms. The van der Waals surface area contributed by atoms with Crippen LogP contribution in [-0.4, -0.2) is 12.1 Å². The standard InChI is InChI=1S/C15H19ClN2OS/c1-15(2,3)13-12(20-14(17)18-13)8-9-7-10(19-4)5-6-11(9)16/h5-7H,8H2,1-4H3,(H2,17,18). The van der Waals surface area contributed by atoms with Crippen LogP contribution in [-0.2, 0) is 11.8 Å². The summed E-state index contributed by atoms with van der Waals surface area (Å²) in [6.45, 7) is 6.41. The SMILES string of the molecule is COc1ccc(Cl)c(Cc2sc(N)nc2C(C)(C)C)c1. The molecule has 0 amide bonds. The normalized spacial score (nSPS) is 11.7. The number of rotatable bonds is 3. The van der Waals surface area contributed by atoms with E-state index >= 15 is 0 Å². The summed E-state index contributed by atoms with van der Waals surface area (Å²) in [4.78, 5) is 5.63. The fraction of sp³-hybridized carbons (Fsp3) is 0.400. The minimum absolute atomic E-state index is 0.0329. The van der Waals surface area contributed by atoms with Crippen molar-refractivity contribution in [3.05, 3.63) is 39.4 Å². The minimum Gasteiger partial charge on any atom is -0.497 e. The van der Waals surface area contributed by atoms with E-state index in [4.69, 9.17) is 22.1 Å². The minimum atomic E-state index is -0.0329. The summed E-state index contributed by atoms with van der Waals surface area (Å²) in [6, 6.07) is 5.68. The molecule has 20 heavy (non-hydrogen) atoms. The molecule has 0 atom stereocenters. The summed E-state index contributed by atoms with van der Waals surface area (Å²) in [5.41, 5.74) is 7.91. The van der Waals surface area contributed by atoms with Crippen LogP contribution in [0.25, 0.3) is 0 Å². The van der Waals surface area contributed by atoms with Crippen molar-refractivity contribution in [2.45, 2.75) is 32.6 Å². The van der Waals surface area contributed by atoms with E-state index in [0.717, 1.165) is 33.3 Å². The Balaban J connectivity index is 2.40. The van der Waals surface area contributed by atoms with Gasteiger partial charge < -0.3 is 10.5 Å². The molecule has 0 saturated carbocycles. The number of nitrogens with zero attached hydrogens (tertiary/aromatic N) is 1. The monoisotopic (exact) mass is 310 g/mol. The highest BCUT2D eigenvalue weighted by atomic mass is 35.5. The molecule has 0 aliphatic rings. The number of ether oxygens (including phenoxy) is 1. The van der Waals surface area contributed by atoms with Crippen LogP contribution < -0.4 is 10.5 Å². The highest BCUT2D eigenvalue weighted by Crippen LogP contribution is 2.34. The van der Waals surface area contributed by atoms with E-state index in [9.17, 15) is 0 Å². The van der Waals surface area contributed by atoms with Crippen molar-refractivity contribution in [1.82, 2.24) is 4.98 Å². The third-order valence-corrected chi connectivity index (χ3v) is 4.28. The Hall–Kier alpha value is -1.26.